The van der Waals surface area contributed by atoms with E-state index in [-0.39, 0.29) is 0 Å². The van der Waals surface area contributed by atoms with Crippen molar-refractivity contribution in [2.75, 3.05) is 11.2 Å². The lowest BCUT2D eigenvalue weighted by Gasteiger charge is -2.25. The van der Waals surface area contributed by atoms with E-state index in [0.717, 1.165) is 28.5 Å². The van der Waals surface area contributed by atoms with Gasteiger partial charge >= 0.3 is 0 Å². The molecular weight excluding hydrogens is 478 g/mol. The lowest BCUT2D eigenvalue weighted by molar-refractivity contribution is 0.909. The average Bonchev–Trinajstić information content (AvgIpc) is 3.39. The van der Waals surface area contributed by atoms with Crippen LogP contribution in [0, 0.1) is 13.8 Å². The summed E-state index contributed by atoms with van der Waals surface area (Å²) in [7, 11) is 0. The van der Waals surface area contributed by atoms with Crippen molar-refractivity contribution in [2.24, 2.45) is 0 Å². The minimum absolute atomic E-state index is 0.922. The maximum absolute atomic E-state index is 4.39. The molecule has 2 aromatic heterocycles. The minimum atomic E-state index is 0.922. The van der Waals surface area contributed by atoms with Crippen LogP contribution in [0.1, 0.15) is 21.8 Å². The van der Waals surface area contributed by atoms with Crippen LogP contribution in [0.15, 0.2) is 102 Å². The van der Waals surface area contributed by atoms with Crippen molar-refractivity contribution < 1.29 is 0 Å². The van der Waals surface area contributed by atoms with Gasteiger partial charge in [0.15, 0.2) is 0 Å². The van der Waals surface area contributed by atoms with Gasteiger partial charge in [0, 0.05) is 31.7 Å². The Hall–Kier alpha value is -3.67. The molecule has 178 valence electrons. The number of nitrogens with zero attached hydrogens (tertiary/aromatic N) is 3. The predicted molar refractivity (Wildman–Crippen MR) is 157 cm³/mol. The molecule has 5 rings (SSSR count). The van der Waals surface area contributed by atoms with Gasteiger partial charge in [0.25, 0.3) is 0 Å². The maximum Gasteiger partial charge on any atom is 0.0898 e. The first-order valence-electron chi connectivity index (χ1n) is 11.8. The third-order valence-electron chi connectivity index (χ3n) is 6.04. The molecule has 0 N–H and O–H groups in total. The van der Waals surface area contributed by atoms with Crippen molar-refractivity contribution in [1.29, 1.82) is 0 Å². The van der Waals surface area contributed by atoms with E-state index < -0.39 is 0 Å². The van der Waals surface area contributed by atoms with E-state index in [1.165, 1.54) is 25.8 Å². The molecule has 0 amide bonds. The lowest BCUT2D eigenvalue weighted by Crippen LogP contribution is -2.09. The molecule has 0 atom stereocenters. The number of para-hydroxylation sites is 2. The Morgan fingerprint density at radius 3 is 1.92 bits per heavy atom. The Morgan fingerprint density at radius 1 is 0.694 bits per heavy atom. The summed E-state index contributed by atoms with van der Waals surface area (Å²) in [5.41, 5.74) is 7.70. The Bertz CT molecular complexity index is 1430. The first kappa shape index (κ1) is 24.0. The minimum Gasteiger partial charge on any atom is -0.311 e. The van der Waals surface area contributed by atoms with E-state index in [9.17, 15) is 0 Å². The van der Waals surface area contributed by atoms with Crippen LogP contribution in [-0.2, 0) is 0 Å². The Labute approximate surface area is 221 Å². The fourth-order valence-corrected chi connectivity index (χ4v) is 5.89. The van der Waals surface area contributed by atoms with E-state index in [1.807, 2.05) is 19.1 Å². The zero-order valence-electron chi connectivity index (χ0n) is 20.6. The third kappa shape index (κ3) is 5.13. The molecule has 0 unspecified atom stereocenters. The molecule has 0 spiro atoms. The van der Waals surface area contributed by atoms with Crippen molar-refractivity contribution >= 4 is 52.3 Å². The monoisotopic (exact) mass is 505 g/mol. The lowest BCUT2D eigenvalue weighted by atomic mass is 10.1. The van der Waals surface area contributed by atoms with E-state index in [4.69, 9.17) is 0 Å². The summed E-state index contributed by atoms with van der Waals surface area (Å²) >= 11 is 3.50. The van der Waals surface area contributed by atoms with Gasteiger partial charge < -0.3 is 4.90 Å². The molecule has 3 aromatic carbocycles. The number of hydrogen-bond acceptors (Lipinski definition) is 5. The first-order valence-corrected chi connectivity index (χ1v) is 13.8. The van der Waals surface area contributed by atoms with Crippen LogP contribution >= 0.6 is 23.1 Å². The predicted octanol–water partition coefficient (Wildman–Crippen LogP) is 9.18. The summed E-state index contributed by atoms with van der Waals surface area (Å²) in [4.78, 5) is 5.91. The van der Waals surface area contributed by atoms with Crippen LogP contribution in [-0.4, -0.2) is 16.5 Å². The fraction of sp³-hybridized carbons (Fsp3) is 0.0968. The summed E-state index contributed by atoms with van der Waals surface area (Å²) in [5.74, 6) is 0. The van der Waals surface area contributed by atoms with Crippen LogP contribution in [0.4, 0.5) is 17.1 Å². The van der Waals surface area contributed by atoms with Gasteiger partial charge in [-0.25, -0.2) is 0 Å². The van der Waals surface area contributed by atoms with Gasteiger partial charge in [0.05, 0.1) is 11.4 Å². The summed E-state index contributed by atoms with van der Waals surface area (Å²) in [6.45, 7) is 4.12. The van der Waals surface area contributed by atoms with Crippen LogP contribution in [0.3, 0.4) is 0 Å². The second-order valence-corrected chi connectivity index (χ2v) is 10.3. The standard InChI is InChI=1S/C31H27N3S2/c1-22-29(33-32-23(2)31(22)35-3)20-18-28-19-21-30(36-28)24-14-16-27(17-15-24)34(25-10-6-4-7-11-25)26-12-8-5-9-13-26/h4-21H,1-3H3/b20-18+. The highest BCUT2D eigenvalue weighted by Crippen LogP contribution is 2.36. The molecule has 0 radical (unpaired) electrons. The zero-order valence-corrected chi connectivity index (χ0v) is 22.2. The SMILES string of the molecule is CSc1c(C)nnc(/C=C/c2ccc(-c3ccc(N(c4ccccc4)c4ccccc4)cc3)s2)c1C. The summed E-state index contributed by atoms with van der Waals surface area (Å²) in [6, 6.07) is 34.1. The van der Waals surface area contributed by atoms with Crippen molar-refractivity contribution in [3.63, 3.8) is 0 Å². The molecule has 36 heavy (non-hydrogen) atoms. The summed E-state index contributed by atoms with van der Waals surface area (Å²) < 4.78 is 0. The Kier molecular flexibility index (Phi) is 7.31. The first-order chi connectivity index (χ1) is 17.6. The topological polar surface area (TPSA) is 29.0 Å². The van der Waals surface area contributed by atoms with E-state index in [0.29, 0.717) is 0 Å². The van der Waals surface area contributed by atoms with Crippen LogP contribution in [0.2, 0.25) is 0 Å². The van der Waals surface area contributed by atoms with Gasteiger partial charge in [0.1, 0.15) is 0 Å². The van der Waals surface area contributed by atoms with Crippen LogP contribution < -0.4 is 4.90 Å². The van der Waals surface area contributed by atoms with E-state index in [1.54, 1.807) is 23.1 Å². The number of anilines is 3. The van der Waals surface area contributed by atoms with Gasteiger partial charge in [-0.05, 0) is 91.9 Å². The number of hydrogen-bond donors (Lipinski definition) is 0. The Morgan fingerprint density at radius 2 is 1.31 bits per heavy atom. The smallest absolute Gasteiger partial charge is 0.0898 e. The number of aryl methyl sites for hydroxylation is 1. The number of rotatable bonds is 7. The number of thiophene rings is 1. The summed E-state index contributed by atoms with van der Waals surface area (Å²) in [6.07, 6.45) is 6.28. The molecule has 5 aromatic rings. The van der Waals surface area contributed by atoms with Gasteiger partial charge in [-0.2, -0.15) is 10.2 Å². The van der Waals surface area contributed by atoms with Crippen LogP contribution in [0.5, 0.6) is 0 Å². The maximum atomic E-state index is 4.39. The van der Waals surface area contributed by atoms with Crippen molar-refractivity contribution in [1.82, 2.24) is 10.2 Å². The van der Waals surface area contributed by atoms with Crippen molar-refractivity contribution in [2.45, 2.75) is 18.7 Å². The molecule has 0 aliphatic heterocycles. The number of thioether (sulfide) groups is 1. The fourth-order valence-electron chi connectivity index (χ4n) is 4.23. The molecule has 5 heteroatoms. The highest BCUT2D eigenvalue weighted by atomic mass is 32.2. The second kappa shape index (κ2) is 10.9. The molecular formula is C31H27N3S2. The third-order valence-corrected chi connectivity index (χ3v) is 8.15. The molecule has 0 fully saturated rings. The molecule has 0 aliphatic carbocycles. The molecule has 0 aliphatic rings. The number of benzene rings is 3. The van der Waals surface area contributed by atoms with E-state index >= 15 is 0 Å². The molecule has 3 nitrogen and oxygen atoms in total. The van der Waals surface area contributed by atoms with Gasteiger partial charge in [-0.15, -0.1) is 23.1 Å². The van der Waals surface area contributed by atoms with E-state index in [2.05, 4.69) is 125 Å². The normalized spacial score (nSPS) is 11.2. The quantitative estimate of drug-likeness (QED) is 0.206. The molecule has 0 saturated carbocycles. The van der Waals surface area contributed by atoms with Gasteiger partial charge in [0.2, 0.25) is 0 Å². The van der Waals surface area contributed by atoms with Gasteiger partial charge in [-0.3, -0.25) is 0 Å². The summed E-state index contributed by atoms with van der Waals surface area (Å²) in [5, 5.41) is 8.71. The molecule has 0 bridgehead atoms. The molecule has 2 heterocycles. The number of aromatic nitrogens is 2. The second-order valence-electron chi connectivity index (χ2n) is 8.42. The average molecular weight is 506 g/mol. The molecule has 0 saturated heterocycles. The highest BCUT2D eigenvalue weighted by Gasteiger charge is 2.12. The highest BCUT2D eigenvalue weighted by molar-refractivity contribution is 7.98. The van der Waals surface area contributed by atoms with Crippen LogP contribution in [0.25, 0.3) is 22.6 Å². The van der Waals surface area contributed by atoms with Crippen molar-refractivity contribution in [3.8, 4) is 10.4 Å². The zero-order chi connectivity index (χ0) is 24.9. The van der Waals surface area contributed by atoms with Crippen molar-refractivity contribution in [3.05, 3.63) is 119 Å². The largest absolute Gasteiger partial charge is 0.311 e. The van der Waals surface area contributed by atoms with Gasteiger partial charge in [-0.1, -0.05) is 48.5 Å². The Balaban J connectivity index is 1.39.